The first kappa shape index (κ1) is 19.1. The minimum atomic E-state index is -0.105. The highest BCUT2D eigenvalue weighted by Gasteiger charge is 2.42. The summed E-state index contributed by atoms with van der Waals surface area (Å²) in [5.74, 6) is 0.491. The highest BCUT2D eigenvalue weighted by Crippen LogP contribution is 2.39. The van der Waals surface area contributed by atoms with Gasteiger partial charge in [-0.3, -0.25) is 9.89 Å². The van der Waals surface area contributed by atoms with E-state index in [4.69, 9.17) is 4.74 Å². The lowest BCUT2D eigenvalue weighted by Crippen LogP contribution is -2.47. The fraction of sp³-hybridized carbons (Fsp3) is 0.571. The number of carbonyl (C=O) groups excluding carboxylic acids is 1. The van der Waals surface area contributed by atoms with Gasteiger partial charge in [-0.1, -0.05) is 18.2 Å². The van der Waals surface area contributed by atoms with Crippen molar-refractivity contribution in [2.75, 3.05) is 19.6 Å². The molecule has 150 valence electrons. The van der Waals surface area contributed by atoms with Gasteiger partial charge < -0.3 is 15.0 Å². The number of likely N-dealkylation sites (tertiary alicyclic amines) is 1. The number of H-pyrrole nitrogens is 1. The van der Waals surface area contributed by atoms with E-state index < -0.39 is 0 Å². The number of nitrogens with one attached hydrogen (secondary N) is 2. The van der Waals surface area contributed by atoms with Crippen LogP contribution in [0.15, 0.2) is 30.6 Å². The number of hydrogen-bond acceptors (Lipinski definition) is 5. The Kier molecular flexibility index (Phi) is 5.46. The number of piperidine rings is 1. The first-order valence-corrected chi connectivity index (χ1v) is 10.2. The first-order chi connectivity index (χ1) is 13.6. The second-order valence-electron chi connectivity index (χ2n) is 8.18. The molecule has 28 heavy (non-hydrogen) atoms. The van der Waals surface area contributed by atoms with Crippen LogP contribution >= 0.6 is 0 Å². The van der Waals surface area contributed by atoms with Gasteiger partial charge in [0.2, 0.25) is 0 Å². The van der Waals surface area contributed by atoms with Crippen LogP contribution < -0.4 is 5.32 Å². The lowest BCUT2D eigenvalue weighted by atomic mass is 9.88. The molecule has 7 nitrogen and oxygen atoms in total. The molecule has 0 bridgehead atoms. The summed E-state index contributed by atoms with van der Waals surface area (Å²) in [7, 11) is 0. The lowest BCUT2D eigenvalue weighted by Gasteiger charge is -2.40. The van der Waals surface area contributed by atoms with E-state index in [0.29, 0.717) is 24.0 Å². The third-order valence-corrected chi connectivity index (χ3v) is 6.11. The lowest BCUT2D eigenvalue weighted by molar-refractivity contribution is -0.0788. The maximum absolute atomic E-state index is 12.8. The number of nitrogens with zero attached hydrogens (tertiary/aromatic N) is 3. The molecule has 0 radical (unpaired) electrons. The number of benzene rings is 1. The predicted molar refractivity (Wildman–Crippen MR) is 107 cm³/mol. The Morgan fingerprint density at radius 2 is 2.11 bits per heavy atom. The molecule has 2 aliphatic heterocycles. The molecule has 1 aromatic heterocycles. The third-order valence-electron chi connectivity index (χ3n) is 6.11. The maximum Gasteiger partial charge on any atom is 0.252 e. The molecule has 0 unspecified atom stereocenters. The fourth-order valence-corrected chi connectivity index (χ4v) is 4.38. The minimum Gasteiger partial charge on any atom is -0.370 e. The SMILES string of the molecule is CC(C)N1CCC2(CC[C@@H](CNC(=O)c3ccccc3-c3ncn[nH]3)O2)CC1. The molecule has 1 atom stereocenters. The molecule has 1 spiro atoms. The number of amides is 1. The Labute approximate surface area is 165 Å². The van der Waals surface area contributed by atoms with E-state index in [0.717, 1.165) is 44.3 Å². The van der Waals surface area contributed by atoms with E-state index in [1.165, 1.54) is 6.33 Å². The summed E-state index contributed by atoms with van der Waals surface area (Å²) in [4.78, 5) is 19.5. The molecule has 2 aliphatic rings. The summed E-state index contributed by atoms with van der Waals surface area (Å²) in [5, 5.41) is 9.76. The second-order valence-corrected chi connectivity index (χ2v) is 8.18. The van der Waals surface area contributed by atoms with E-state index in [1.807, 2.05) is 24.3 Å². The largest absolute Gasteiger partial charge is 0.370 e. The van der Waals surface area contributed by atoms with E-state index in [2.05, 4.69) is 39.2 Å². The van der Waals surface area contributed by atoms with E-state index in [9.17, 15) is 4.79 Å². The second kappa shape index (κ2) is 8.01. The Bertz CT molecular complexity index is 797. The molecule has 2 N–H and O–H groups in total. The number of ether oxygens (including phenoxy) is 1. The van der Waals surface area contributed by atoms with Crippen molar-refractivity contribution in [3.63, 3.8) is 0 Å². The van der Waals surface area contributed by atoms with Gasteiger partial charge in [-0.2, -0.15) is 5.10 Å². The maximum atomic E-state index is 12.8. The molecular formula is C21H29N5O2. The van der Waals surface area contributed by atoms with E-state index in [1.54, 1.807) is 0 Å². The first-order valence-electron chi connectivity index (χ1n) is 10.2. The normalized spacial score (nSPS) is 22.0. The number of rotatable bonds is 5. The van der Waals surface area contributed by atoms with Gasteiger partial charge in [0.05, 0.1) is 17.3 Å². The number of hydrogen-bond donors (Lipinski definition) is 2. The smallest absolute Gasteiger partial charge is 0.252 e. The zero-order valence-corrected chi connectivity index (χ0v) is 16.6. The monoisotopic (exact) mass is 383 g/mol. The van der Waals surface area contributed by atoms with Crippen molar-refractivity contribution in [3.05, 3.63) is 36.2 Å². The number of aromatic nitrogens is 3. The zero-order chi connectivity index (χ0) is 19.6. The van der Waals surface area contributed by atoms with Crippen LogP contribution in [0.25, 0.3) is 11.4 Å². The van der Waals surface area contributed by atoms with Gasteiger partial charge >= 0.3 is 0 Å². The van der Waals surface area contributed by atoms with Gasteiger partial charge in [0.1, 0.15) is 6.33 Å². The summed E-state index contributed by atoms with van der Waals surface area (Å²) in [6.45, 7) is 7.24. The summed E-state index contributed by atoms with van der Waals surface area (Å²) >= 11 is 0. The molecule has 2 fully saturated rings. The van der Waals surface area contributed by atoms with Crippen LogP contribution in [0.2, 0.25) is 0 Å². The van der Waals surface area contributed by atoms with Gasteiger partial charge in [-0.05, 0) is 45.6 Å². The van der Waals surface area contributed by atoms with Crippen LogP contribution in [-0.2, 0) is 4.74 Å². The highest BCUT2D eigenvalue weighted by atomic mass is 16.5. The van der Waals surface area contributed by atoms with Crippen molar-refractivity contribution in [3.8, 4) is 11.4 Å². The Balaban J connectivity index is 1.33. The Morgan fingerprint density at radius 3 is 2.82 bits per heavy atom. The summed E-state index contributed by atoms with van der Waals surface area (Å²) < 4.78 is 6.44. The van der Waals surface area contributed by atoms with E-state index >= 15 is 0 Å². The Morgan fingerprint density at radius 1 is 1.32 bits per heavy atom. The van der Waals surface area contributed by atoms with Crippen LogP contribution in [0.1, 0.15) is 49.9 Å². The van der Waals surface area contributed by atoms with Crippen LogP contribution in [-0.4, -0.2) is 63.4 Å². The quantitative estimate of drug-likeness (QED) is 0.829. The standard InChI is InChI=1S/C21H29N5O2/c1-15(2)26-11-9-21(10-12-26)8-7-16(28-21)13-22-20(27)18-6-4-3-5-17(18)19-23-14-24-25-19/h3-6,14-16H,7-13H2,1-2H3,(H,22,27)(H,23,24,25)/t16-/m0/s1. The molecule has 1 aromatic carbocycles. The molecule has 2 saturated heterocycles. The third kappa shape index (κ3) is 3.95. The highest BCUT2D eigenvalue weighted by molar-refractivity contribution is 6.00. The molecule has 3 heterocycles. The molecule has 2 aromatic rings. The average Bonchev–Trinajstić information content (AvgIpc) is 3.37. The molecular weight excluding hydrogens is 354 g/mol. The van der Waals surface area contributed by atoms with Gasteiger partial charge in [0.15, 0.2) is 5.82 Å². The van der Waals surface area contributed by atoms with Crippen molar-refractivity contribution in [1.82, 2.24) is 25.4 Å². The van der Waals surface area contributed by atoms with E-state index in [-0.39, 0.29) is 17.6 Å². The summed E-state index contributed by atoms with van der Waals surface area (Å²) in [5.41, 5.74) is 1.36. The molecule has 4 rings (SSSR count). The topological polar surface area (TPSA) is 83.1 Å². The van der Waals surface area contributed by atoms with Gasteiger partial charge in [-0.15, -0.1) is 0 Å². The molecule has 0 aliphatic carbocycles. The zero-order valence-electron chi connectivity index (χ0n) is 16.6. The molecule has 0 saturated carbocycles. The van der Waals surface area contributed by atoms with Crippen LogP contribution in [0.3, 0.4) is 0 Å². The van der Waals surface area contributed by atoms with Gasteiger partial charge in [0.25, 0.3) is 5.91 Å². The van der Waals surface area contributed by atoms with Gasteiger partial charge in [-0.25, -0.2) is 4.98 Å². The van der Waals surface area contributed by atoms with Crippen LogP contribution in [0, 0.1) is 0 Å². The molecule has 1 amide bonds. The number of aromatic amines is 1. The fourth-order valence-electron chi connectivity index (χ4n) is 4.38. The van der Waals surface area contributed by atoms with Gasteiger partial charge in [0, 0.05) is 31.2 Å². The van der Waals surface area contributed by atoms with Crippen LogP contribution in [0.5, 0.6) is 0 Å². The van der Waals surface area contributed by atoms with Crippen molar-refractivity contribution in [2.45, 2.75) is 57.3 Å². The average molecular weight is 383 g/mol. The Hall–Kier alpha value is -2.25. The summed E-state index contributed by atoms with van der Waals surface area (Å²) in [6.07, 6.45) is 5.81. The van der Waals surface area contributed by atoms with Crippen LogP contribution in [0.4, 0.5) is 0 Å². The predicted octanol–water partition coefficient (Wildman–Crippen LogP) is 2.62. The van der Waals surface area contributed by atoms with Crippen molar-refractivity contribution in [1.29, 1.82) is 0 Å². The summed E-state index contributed by atoms with van der Waals surface area (Å²) in [6, 6.07) is 8.03. The van der Waals surface area contributed by atoms with Crippen molar-refractivity contribution >= 4 is 5.91 Å². The number of carbonyl (C=O) groups is 1. The van der Waals surface area contributed by atoms with Crippen molar-refractivity contribution in [2.24, 2.45) is 0 Å². The minimum absolute atomic E-state index is 0.0124. The molecule has 7 heteroatoms. The van der Waals surface area contributed by atoms with Crippen molar-refractivity contribution < 1.29 is 9.53 Å².